The summed E-state index contributed by atoms with van der Waals surface area (Å²) < 4.78 is 5.44. The van der Waals surface area contributed by atoms with Gasteiger partial charge in [0, 0.05) is 18.5 Å². The summed E-state index contributed by atoms with van der Waals surface area (Å²) in [6, 6.07) is 5.55. The van der Waals surface area contributed by atoms with E-state index in [4.69, 9.17) is 10.5 Å². The number of methoxy groups -OCH3 is 1. The number of nitrogens with one attached hydrogen (secondary N) is 1. The third-order valence-corrected chi connectivity index (χ3v) is 3.74. The Bertz CT molecular complexity index is 448. The van der Waals surface area contributed by atoms with Gasteiger partial charge >= 0.3 is 0 Å². The summed E-state index contributed by atoms with van der Waals surface area (Å²) in [5, 5.41) is 2.87. The van der Waals surface area contributed by atoms with E-state index in [0.717, 1.165) is 30.5 Å². The molecule has 1 fully saturated rings. The zero-order valence-electron chi connectivity index (χ0n) is 11.0. The van der Waals surface area contributed by atoms with Crippen molar-refractivity contribution in [3.05, 3.63) is 23.8 Å². The summed E-state index contributed by atoms with van der Waals surface area (Å²) in [6.07, 6.45) is 3.48. The molecule has 1 aliphatic rings. The zero-order valence-corrected chi connectivity index (χ0v) is 11.0. The van der Waals surface area contributed by atoms with Crippen LogP contribution in [0.4, 0.5) is 11.4 Å². The fraction of sp³-hybridized carbons (Fsp3) is 0.500. The number of nitrogen functional groups attached to an aromatic ring is 1. The summed E-state index contributed by atoms with van der Waals surface area (Å²) in [7, 11) is 1.68. The highest BCUT2D eigenvalue weighted by atomic mass is 16.5. The highest BCUT2D eigenvalue weighted by Crippen LogP contribution is 2.38. The minimum absolute atomic E-state index is 0.0141. The Labute approximate surface area is 108 Å². The predicted molar refractivity (Wildman–Crippen MR) is 72.4 cm³/mol. The average molecular weight is 248 g/mol. The Kier molecular flexibility index (Phi) is 3.57. The van der Waals surface area contributed by atoms with Crippen LogP contribution in [0.15, 0.2) is 18.2 Å². The predicted octanol–water partition coefficient (Wildman–Crippen LogP) is 2.47. The smallest absolute Gasteiger partial charge is 0.227 e. The van der Waals surface area contributed by atoms with Crippen LogP contribution in [0.25, 0.3) is 0 Å². The highest BCUT2D eigenvalue weighted by Gasteiger charge is 2.38. The van der Waals surface area contributed by atoms with E-state index in [0.29, 0.717) is 12.1 Å². The molecule has 0 bridgehead atoms. The number of carbonyl (C=O) groups is 1. The second kappa shape index (κ2) is 4.98. The van der Waals surface area contributed by atoms with Gasteiger partial charge < -0.3 is 15.8 Å². The van der Waals surface area contributed by atoms with Crippen molar-refractivity contribution in [3.63, 3.8) is 0 Å². The molecular weight excluding hydrogens is 228 g/mol. The molecule has 0 saturated heterocycles. The fourth-order valence-corrected chi connectivity index (χ4v) is 2.24. The number of rotatable bonds is 4. The lowest BCUT2D eigenvalue weighted by molar-refractivity contribution is -0.129. The van der Waals surface area contributed by atoms with Gasteiger partial charge in [-0.1, -0.05) is 6.07 Å². The molecule has 1 aliphatic carbocycles. The molecule has 18 heavy (non-hydrogen) atoms. The third-order valence-electron chi connectivity index (χ3n) is 3.74. The Morgan fingerprint density at radius 1 is 1.50 bits per heavy atom. The number of benzene rings is 1. The first kappa shape index (κ1) is 12.9. The molecule has 0 heterocycles. The monoisotopic (exact) mass is 248 g/mol. The molecule has 0 spiro atoms. The van der Waals surface area contributed by atoms with Crippen LogP contribution in [0.3, 0.4) is 0 Å². The molecule has 1 aromatic carbocycles. The Morgan fingerprint density at radius 2 is 2.22 bits per heavy atom. The summed E-state index contributed by atoms with van der Waals surface area (Å²) in [5.41, 5.74) is 8.03. The summed E-state index contributed by atoms with van der Waals surface area (Å²) in [4.78, 5) is 11.9. The van der Waals surface area contributed by atoms with Crippen LogP contribution in [-0.4, -0.2) is 18.6 Å². The van der Waals surface area contributed by atoms with E-state index in [-0.39, 0.29) is 11.5 Å². The van der Waals surface area contributed by atoms with Crippen molar-refractivity contribution in [3.8, 4) is 0 Å². The molecular formula is C14H20N2O2. The first-order valence-electron chi connectivity index (χ1n) is 6.26. The molecule has 0 aliphatic heterocycles. The minimum Gasteiger partial charge on any atom is -0.398 e. The van der Waals surface area contributed by atoms with Crippen molar-refractivity contribution in [2.75, 3.05) is 18.2 Å². The van der Waals surface area contributed by atoms with Crippen LogP contribution in [0.1, 0.15) is 31.2 Å². The standard InChI is InChI=1S/C14H20N2O2/c1-10-4-5-11(8-12(10)15)16-13(17)9-14(18-2)6-3-7-14/h4-5,8H,3,6-7,9,15H2,1-2H3,(H,16,17). The molecule has 0 aromatic heterocycles. The molecule has 4 heteroatoms. The van der Waals surface area contributed by atoms with Crippen molar-refractivity contribution < 1.29 is 9.53 Å². The van der Waals surface area contributed by atoms with Crippen molar-refractivity contribution in [1.29, 1.82) is 0 Å². The molecule has 0 atom stereocenters. The largest absolute Gasteiger partial charge is 0.398 e. The number of carbonyl (C=O) groups excluding carboxylic acids is 1. The minimum atomic E-state index is -0.236. The van der Waals surface area contributed by atoms with Crippen LogP contribution in [-0.2, 0) is 9.53 Å². The molecule has 3 N–H and O–H groups in total. The quantitative estimate of drug-likeness (QED) is 0.804. The SMILES string of the molecule is COC1(CC(=O)Nc2ccc(C)c(N)c2)CCC1. The second-order valence-electron chi connectivity index (χ2n) is 5.04. The lowest BCUT2D eigenvalue weighted by Crippen LogP contribution is -2.42. The number of amides is 1. The third kappa shape index (κ3) is 2.64. The van der Waals surface area contributed by atoms with Crippen LogP contribution < -0.4 is 11.1 Å². The maximum absolute atomic E-state index is 11.9. The maximum atomic E-state index is 11.9. The van der Waals surface area contributed by atoms with Gasteiger partial charge in [-0.05, 0) is 43.9 Å². The molecule has 2 rings (SSSR count). The first-order valence-corrected chi connectivity index (χ1v) is 6.26. The van der Waals surface area contributed by atoms with Crippen LogP contribution in [0, 0.1) is 6.92 Å². The molecule has 1 amide bonds. The fourth-order valence-electron chi connectivity index (χ4n) is 2.24. The normalized spacial score (nSPS) is 17.0. The van der Waals surface area contributed by atoms with Crippen LogP contribution >= 0.6 is 0 Å². The summed E-state index contributed by atoms with van der Waals surface area (Å²) >= 11 is 0. The second-order valence-corrected chi connectivity index (χ2v) is 5.04. The number of hydrogen-bond donors (Lipinski definition) is 2. The lowest BCUT2D eigenvalue weighted by Gasteiger charge is -2.39. The van der Waals surface area contributed by atoms with E-state index in [1.807, 2.05) is 19.1 Å². The van der Waals surface area contributed by atoms with Crippen LogP contribution in [0.5, 0.6) is 0 Å². The van der Waals surface area contributed by atoms with E-state index in [9.17, 15) is 4.79 Å². The van der Waals surface area contributed by atoms with Crippen molar-refractivity contribution in [1.82, 2.24) is 0 Å². The first-order chi connectivity index (χ1) is 8.54. The number of nitrogens with two attached hydrogens (primary N) is 1. The van der Waals surface area contributed by atoms with Crippen molar-refractivity contribution in [2.45, 2.75) is 38.2 Å². The molecule has 1 aromatic rings. The summed E-state index contributed by atoms with van der Waals surface area (Å²) in [6.45, 7) is 1.94. The van der Waals surface area contributed by atoms with Crippen LogP contribution in [0.2, 0.25) is 0 Å². The van der Waals surface area contributed by atoms with Gasteiger partial charge in [0.05, 0.1) is 12.0 Å². The van der Waals surface area contributed by atoms with E-state index in [1.165, 1.54) is 0 Å². The lowest BCUT2D eigenvalue weighted by atomic mass is 9.77. The van der Waals surface area contributed by atoms with E-state index in [1.54, 1.807) is 13.2 Å². The number of hydrogen-bond acceptors (Lipinski definition) is 3. The molecule has 4 nitrogen and oxygen atoms in total. The van der Waals surface area contributed by atoms with Gasteiger partial charge in [0.25, 0.3) is 0 Å². The van der Waals surface area contributed by atoms with Gasteiger partial charge in [-0.3, -0.25) is 4.79 Å². The Balaban J connectivity index is 1.96. The molecule has 0 radical (unpaired) electrons. The van der Waals surface area contributed by atoms with Gasteiger partial charge in [-0.25, -0.2) is 0 Å². The van der Waals surface area contributed by atoms with E-state index < -0.39 is 0 Å². The van der Waals surface area contributed by atoms with Crippen molar-refractivity contribution in [2.24, 2.45) is 0 Å². The van der Waals surface area contributed by atoms with Gasteiger partial charge in [0.1, 0.15) is 0 Å². The number of anilines is 2. The molecule has 0 unspecified atom stereocenters. The molecule has 1 saturated carbocycles. The highest BCUT2D eigenvalue weighted by molar-refractivity contribution is 5.92. The van der Waals surface area contributed by atoms with Gasteiger partial charge in [-0.2, -0.15) is 0 Å². The van der Waals surface area contributed by atoms with Gasteiger partial charge in [0.2, 0.25) is 5.91 Å². The number of aryl methyl sites for hydroxylation is 1. The van der Waals surface area contributed by atoms with E-state index >= 15 is 0 Å². The maximum Gasteiger partial charge on any atom is 0.227 e. The van der Waals surface area contributed by atoms with E-state index in [2.05, 4.69) is 5.32 Å². The summed E-state index contributed by atoms with van der Waals surface area (Å²) in [5.74, 6) is -0.0141. The average Bonchev–Trinajstić information content (AvgIpc) is 2.29. The zero-order chi connectivity index (χ0) is 13.2. The molecule has 98 valence electrons. The van der Waals surface area contributed by atoms with Gasteiger partial charge in [-0.15, -0.1) is 0 Å². The van der Waals surface area contributed by atoms with Crippen molar-refractivity contribution >= 4 is 17.3 Å². The topological polar surface area (TPSA) is 64.3 Å². The Morgan fingerprint density at radius 3 is 2.72 bits per heavy atom. The Hall–Kier alpha value is -1.55. The van der Waals surface area contributed by atoms with Gasteiger partial charge in [0.15, 0.2) is 0 Å². The number of ether oxygens (including phenoxy) is 1.